The SMILES string of the molecule is COc1cccc(C(=O)N2CCN(Cc3ccccc3Br)CC2)c1.O=C(O)C(=O)O. The Morgan fingerprint density at radius 1 is 0.967 bits per heavy atom. The largest absolute Gasteiger partial charge is 0.497 e. The maximum atomic E-state index is 12.6. The third kappa shape index (κ3) is 6.85. The van der Waals surface area contributed by atoms with Crippen LogP contribution in [0.2, 0.25) is 0 Å². The first kappa shape index (κ1) is 23.4. The average molecular weight is 479 g/mol. The van der Waals surface area contributed by atoms with Gasteiger partial charge < -0.3 is 19.8 Å². The van der Waals surface area contributed by atoms with Crippen molar-refractivity contribution in [3.8, 4) is 5.75 Å². The molecule has 2 N–H and O–H groups in total. The first-order valence-corrected chi connectivity index (χ1v) is 9.96. The fourth-order valence-corrected chi connectivity index (χ4v) is 3.33. The van der Waals surface area contributed by atoms with E-state index in [1.54, 1.807) is 13.2 Å². The molecule has 8 nitrogen and oxygen atoms in total. The third-order valence-electron chi connectivity index (χ3n) is 4.51. The van der Waals surface area contributed by atoms with Gasteiger partial charge in [0.25, 0.3) is 5.91 Å². The smallest absolute Gasteiger partial charge is 0.414 e. The van der Waals surface area contributed by atoms with Crippen LogP contribution in [0.5, 0.6) is 5.75 Å². The van der Waals surface area contributed by atoms with E-state index in [1.165, 1.54) is 5.56 Å². The zero-order chi connectivity index (χ0) is 22.1. The molecule has 0 atom stereocenters. The first-order chi connectivity index (χ1) is 14.3. The van der Waals surface area contributed by atoms with Crippen LogP contribution >= 0.6 is 15.9 Å². The van der Waals surface area contributed by atoms with Crippen LogP contribution in [0, 0.1) is 0 Å². The highest BCUT2D eigenvalue weighted by Gasteiger charge is 2.22. The summed E-state index contributed by atoms with van der Waals surface area (Å²) in [6.07, 6.45) is 0. The molecule has 0 spiro atoms. The number of carboxylic acid groups (broad SMARTS) is 2. The minimum Gasteiger partial charge on any atom is -0.497 e. The molecule has 1 fully saturated rings. The average Bonchev–Trinajstić information content (AvgIpc) is 2.76. The highest BCUT2D eigenvalue weighted by molar-refractivity contribution is 9.10. The molecule has 1 amide bonds. The van der Waals surface area contributed by atoms with Gasteiger partial charge in [0.15, 0.2) is 0 Å². The molecule has 3 rings (SSSR count). The summed E-state index contributed by atoms with van der Waals surface area (Å²) in [7, 11) is 1.62. The van der Waals surface area contributed by atoms with E-state index in [2.05, 4.69) is 39.0 Å². The second-order valence-corrected chi connectivity index (χ2v) is 7.36. The van der Waals surface area contributed by atoms with Gasteiger partial charge in [-0.15, -0.1) is 0 Å². The topological polar surface area (TPSA) is 107 Å². The van der Waals surface area contributed by atoms with Gasteiger partial charge in [-0.1, -0.05) is 40.2 Å². The van der Waals surface area contributed by atoms with Crippen LogP contribution in [0.3, 0.4) is 0 Å². The number of methoxy groups -OCH3 is 1. The van der Waals surface area contributed by atoms with Gasteiger partial charge in [-0.3, -0.25) is 9.69 Å². The van der Waals surface area contributed by atoms with Gasteiger partial charge in [-0.25, -0.2) is 9.59 Å². The summed E-state index contributed by atoms with van der Waals surface area (Å²) in [6, 6.07) is 15.6. The van der Waals surface area contributed by atoms with Crippen molar-refractivity contribution in [2.75, 3.05) is 33.3 Å². The minimum atomic E-state index is -1.82. The van der Waals surface area contributed by atoms with Crippen LogP contribution in [0.4, 0.5) is 0 Å². The van der Waals surface area contributed by atoms with E-state index in [-0.39, 0.29) is 5.91 Å². The highest BCUT2D eigenvalue weighted by atomic mass is 79.9. The monoisotopic (exact) mass is 478 g/mol. The Morgan fingerprint density at radius 2 is 1.60 bits per heavy atom. The maximum Gasteiger partial charge on any atom is 0.414 e. The third-order valence-corrected chi connectivity index (χ3v) is 5.28. The van der Waals surface area contributed by atoms with Crippen molar-refractivity contribution in [1.82, 2.24) is 9.80 Å². The molecule has 2 aromatic rings. The second-order valence-electron chi connectivity index (χ2n) is 6.50. The summed E-state index contributed by atoms with van der Waals surface area (Å²) in [5.41, 5.74) is 1.97. The summed E-state index contributed by atoms with van der Waals surface area (Å²) in [5.74, 6) is -2.85. The van der Waals surface area contributed by atoms with Crippen molar-refractivity contribution >= 4 is 33.8 Å². The lowest BCUT2D eigenvalue weighted by molar-refractivity contribution is -0.159. The van der Waals surface area contributed by atoms with Gasteiger partial charge in [-0.05, 0) is 29.8 Å². The number of amides is 1. The number of nitrogens with zero attached hydrogens (tertiary/aromatic N) is 2. The molecule has 0 radical (unpaired) electrons. The predicted octanol–water partition coefficient (Wildman–Crippen LogP) is 2.57. The minimum absolute atomic E-state index is 0.0782. The maximum absolute atomic E-state index is 12.6. The molecule has 0 aliphatic carbocycles. The van der Waals surface area contributed by atoms with Crippen LogP contribution < -0.4 is 4.74 Å². The Hall–Kier alpha value is -2.91. The van der Waals surface area contributed by atoms with Crippen molar-refractivity contribution in [3.63, 3.8) is 0 Å². The molecule has 2 aromatic carbocycles. The lowest BCUT2D eigenvalue weighted by Gasteiger charge is -2.35. The van der Waals surface area contributed by atoms with Crippen LogP contribution in [0.25, 0.3) is 0 Å². The van der Waals surface area contributed by atoms with E-state index >= 15 is 0 Å². The van der Waals surface area contributed by atoms with Gasteiger partial charge in [0.1, 0.15) is 5.75 Å². The molecule has 1 heterocycles. The number of carbonyl (C=O) groups is 3. The predicted molar refractivity (Wildman–Crippen MR) is 114 cm³/mol. The van der Waals surface area contributed by atoms with Gasteiger partial charge >= 0.3 is 11.9 Å². The lowest BCUT2D eigenvalue weighted by Crippen LogP contribution is -2.48. The van der Waals surface area contributed by atoms with Gasteiger partial charge in [0, 0.05) is 42.8 Å². The number of carboxylic acids is 2. The standard InChI is InChI=1S/C19H21BrN2O2.C2H2O4/c1-24-17-7-4-6-15(13-17)19(23)22-11-9-21(10-12-22)14-16-5-2-3-8-18(16)20;3-1(4)2(5)6/h2-8,13H,9-12,14H2,1H3;(H,3,4)(H,5,6). The summed E-state index contributed by atoms with van der Waals surface area (Å²) >= 11 is 3.60. The highest BCUT2D eigenvalue weighted by Crippen LogP contribution is 2.19. The number of benzene rings is 2. The van der Waals surface area contributed by atoms with Crippen molar-refractivity contribution in [3.05, 3.63) is 64.1 Å². The fraction of sp³-hybridized carbons (Fsp3) is 0.286. The summed E-state index contributed by atoms with van der Waals surface area (Å²) < 4.78 is 6.34. The molecule has 0 aromatic heterocycles. The first-order valence-electron chi connectivity index (χ1n) is 9.17. The van der Waals surface area contributed by atoms with Crippen LogP contribution in [0.1, 0.15) is 15.9 Å². The van der Waals surface area contributed by atoms with Gasteiger partial charge in [-0.2, -0.15) is 0 Å². The summed E-state index contributed by atoms with van der Waals surface area (Å²) in [5, 5.41) is 14.8. The molecular weight excluding hydrogens is 456 g/mol. The van der Waals surface area contributed by atoms with Gasteiger partial charge in [0.05, 0.1) is 7.11 Å². The number of piperazine rings is 1. The van der Waals surface area contributed by atoms with Crippen LogP contribution in [-0.4, -0.2) is 71.1 Å². The lowest BCUT2D eigenvalue weighted by atomic mass is 10.1. The zero-order valence-electron chi connectivity index (χ0n) is 16.5. The van der Waals surface area contributed by atoms with E-state index in [0.29, 0.717) is 11.3 Å². The number of rotatable bonds is 4. The number of hydrogen-bond acceptors (Lipinski definition) is 5. The molecule has 0 saturated carbocycles. The molecule has 30 heavy (non-hydrogen) atoms. The Bertz CT molecular complexity index is 885. The van der Waals surface area contributed by atoms with Crippen LogP contribution in [0.15, 0.2) is 53.0 Å². The molecule has 1 aliphatic rings. The molecule has 0 bridgehead atoms. The molecular formula is C21H23BrN2O6. The van der Waals surface area contributed by atoms with E-state index in [0.717, 1.165) is 37.2 Å². The Labute approximate surface area is 182 Å². The van der Waals surface area contributed by atoms with Crippen molar-refractivity contribution in [1.29, 1.82) is 0 Å². The molecule has 1 aliphatic heterocycles. The summed E-state index contributed by atoms with van der Waals surface area (Å²) in [6.45, 7) is 4.18. The van der Waals surface area contributed by atoms with E-state index in [9.17, 15) is 4.79 Å². The van der Waals surface area contributed by atoms with Crippen molar-refractivity contribution < 1.29 is 29.3 Å². The quantitative estimate of drug-likeness (QED) is 0.650. The Balaban J connectivity index is 0.000000469. The normalized spacial score (nSPS) is 13.7. The molecule has 1 saturated heterocycles. The van der Waals surface area contributed by atoms with E-state index in [1.807, 2.05) is 29.2 Å². The second kappa shape index (κ2) is 11.3. The van der Waals surface area contributed by atoms with E-state index in [4.69, 9.17) is 24.5 Å². The van der Waals surface area contributed by atoms with Crippen molar-refractivity contribution in [2.45, 2.75) is 6.54 Å². The zero-order valence-corrected chi connectivity index (χ0v) is 18.0. The fourth-order valence-electron chi connectivity index (χ4n) is 2.92. The van der Waals surface area contributed by atoms with Crippen molar-refractivity contribution in [2.24, 2.45) is 0 Å². The van der Waals surface area contributed by atoms with Gasteiger partial charge in [0.2, 0.25) is 0 Å². The number of hydrogen-bond donors (Lipinski definition) is 2. The molecule has 0 unspecified atom stereocenters. The Morgan fingerprint density at radius 3 is 2.17 bits per heavy atom. The number of carbonyl (C=O) groups excluding carboxylic acids is 1. The number of aliphatic carboxylic acids is 2. The Kier molecular flexibility index (Phi) is 8.82. The van der Waals surface area contributed by atoms with E-state index < -0.39 is 11.9 Å². The number of ether oxygens (including phenoxy) is 1. The molecule has 9 heteroatoms. The molecule has 160 valence electrons. The van der Waals surface area contributed by atoms with Crippen LogP contribution in [-0.2, 0) is 16.1 Å². The number of halogens is 1. The summed E-state index contributed by atoms with van der Waals surface area (Å²) in [4.78, 5) is 35.1.